The fourth-order valence-corrected chi connectivity index (χ4v) is 4.37. The Bertz CT molecular complexity index is 977. The molecule has 0 spiro atoms. The molecule has 1 amide bonds. The molecule has 1 N–H and O–H groups in total. The van der Waals surface area contributed by atoms with Crippen LogP contribution in [-0.2, 0) is 14.8 Å². The summed E-state index contributed by atoms with van der Waals surface area (Å²) < 4.78 is 42.7. The molecule has 0 aliphatic carbocycles. The lowest BCUT2D eigenvalue weighted by atomic mass is 10.2. The van der Waals surface area contributed by atoms with Gasteiger partial charge in [0.1, 0.15) is 24.5 Å². The summed E-state index contributed by atoms with van der Waals surface area (Å²) in [6.07, 6.45) is 0.704. The minimum absolute atomic E-state index is 0.193. The molecule has 3 rings (SSSR count). The van der Waals surface area contributed by atoms with E-state index in [0.29, 0.717) is 36.1 Å². The average Bonchev–Trinajstić information content (AvgIpc) is 2.72. The Balaban J connectivity index is 1.66. The van der Waals surface area contributed by atoms with Gasteiger partial charge in [0.2, 0.25) is 15.9 Å². The summed E-state index contributed by atoms with van der Waals surface area (Å²) in [6, 6.07) is 12.9. The van der Waals surface area contributed by atoms with Crippen LogP contribution in [0.3, 0.4) is 0 Å². The lowest BCUT2D eigenvalue weighted by molar-refractivity contribution is -0.122. The van der Waals surface area contributed by atoms with Gasteiger partial charge in [-0.1, -0.05) is 12.1 Å². The van der Waals surface area contributed by atoms with Crippen molar-refractivity contribution in [3.05, 3.63) is 48.5 Å². The quantitative estimate of drug-likeness (QED) is 0.685. The Kier molecular flexibility index (Phi) is 6.71. The Morgan fingerprint density at radius 1 is 1.20 bits per heavy atom. The number of sulfonamides is 1. The van der Waals surface area contributed by atoms with Crippen LogP contribution in [0.5, 0.6) is 17.2 Å². The number of ether oxygens (including phenoxy) is 3. The number of hydrogen-bond donors (Lipinski definition) is 1. The Morgan fingerprint density at radius 2 is 1.87 bits per heavy atom. The van der Waals surface area contributed by atoms with Crippen molar-refractivity contribution >= 4 is 21.6 Å². The highest BCUT2D eigenvalue weighted by Gasteiger charge is 2.30. The molecule has 0 radical (unpaired) electrons. The SMILES string of the molecule is CCOc1ccc(N([C@H](C)C(=O)NC[C@@H]2COc3ccccc3O2)S(C)(=O)=O)cc1. The van der Waals surface area contributed by atoms with Crippen LogP contribution < -0.4 is 23.8 Å². The number of carbonyl (C=O) groups is 1. The summed E-state index contributed by atoms with van der Waals surface area (Å²) in [7, 11) is -3.69. The molecule has 8 nitrogen and oxygen atoms in total. The molecule has 0 bridgehead atoms. The monoisotopic (exact) mass is 434 g/mol. The number of para-hydroxylation sites is 2. The largest absolute Gasteiger partial charge is 0.494 e. The minimum atomic E-state index is -3.69. The van der Waals surface area contributed by atoms with Crippen molar-refractivity contribution in [2.75, 3.05) is 30.3 Å². The number of fused-ring (bicyclic) bond motifs is 1. The van der Waals surface area contributed by atoms with Crippen molar-refractivity contribution in [3.63, 3.8) is 0 Å². The molecule has 0 saturated heterocycles. The summed E-state index contributed by atoms with van der Waals surface area (Å²) in [5.41, 5.74) is 0.384. The number of rotatable bonds is 8. The molecule has 1 aliphatic rings. The van der Waals surface area contributed by atoms with Crippen LogP contribution in [-0.4, -0.2) is 52.5 Å². The van der Waals surface area contributed by atoms with E-state index in [1.807, 2.05) is 25.1 Å². The van der Waals surface area contributed by atoms with Gasteiger partial charge in [0.15, 0.2) is 11.5 Å². The number of nitrogens with one attached hydrogen (secondary N) is 1. The highest BCUT2D eigenvalue weighted by molar-refractivity contribution is 7.92. The van der Waals surface area contributed by atoms with Crippen LogP contribution in [0, 0.1) is 0 Å². The topological polar surface area (TPSA) is 94.2 Å². The van der Waals surface area contributed by atoms with Gasteiger partial charge in [0.25, 0.3) is 0 Å². The maximum Gasteiger partial charge on any atom is 0.243 e. The highest BCUT2D eigenvalue weighted by Crippen LogP contribution is 2.30. The third-order valence-corrected chi connectivity index (χ3v) is 5.80. The van der Waals surface area contributed by atoms with Gasteiger partial charge >= 0.3 is 0 Å². The summed E-state index contributed by atoms with van der Waals surface area (Å²) in [5, 5.41) is 2.76. The lowest BCUT2D eigenvalue weighted by Crippen LogP contribution is -2.50. The average molecular weight is 435 g/mol. The van der Waals surface area contributed by atoms with Crippen molar-refractivity contribution in [3.8, 4) is 17.2 Å². The normalized spacial score (nSPS) is 16.4. The summed E-state index contributed by atoms with van der Waals surface area (Å²) in [4.78, 5) is 12.7. The zero-order valence-corrected chi connectivity index (χ0v) is 18.0. The Hall–Kier alpha value is -2.94. The lowest BCUT2D eigenvalue weighted by Gasteiger charge is -2.30. The van der Waals surface area contributed by atoms with E-state index in [1.54, 1.807) is 37.3 Å². The van der Waals surface area contributed by atoms with Gasteiger partial charge in [-0.05, 0) is 50.2 Å². The highest BCUT2D eigenvalue weighted by atomic mass is 32.2. The van der Waals surface area contributed by atoms with E-state index in [-0.39, 0.29) is 12.6 Å². The minimum Gasteiger partial charge on any atom is -0.494 e. The second-order valence-electron chi connectivity index (χ2n) is 6.90. The van der Waals surface area contributed by atoms with Crippen LogP contribution in [0.2, 0.25) is 0 Å². The molecule has 1 aliphatic heterocycles. The van der Waals surface area contributed by atoms with Gasteiger partial charge in [-0.15, -0.1) is 0 Å². The van der Waals surface area contributed by atoms with E-state index in [0.717, 1.165) is 10.6 Å². The first-order valence-electron chi connectivity index (χ1n) is 9.68. The molecule has 9 heteroatoms. The van der Waals surface area contributed by atoms with E-state index in [4.69, 9.17) is 14.2 Å². The van der Waals surface area contributed by atoms with Crippen LogP contribution >= 0.6 is 0 Å². The van der Waals surface area contributed by atoms with Gasteiger partial charge in [0.05, 0.1) is 25.1 Å². The van der Waals surface area contributed by atoms with Crippen molar-refractivity contribution < 1.29 is 27.4 Å². The molecule has 0 saturated carbocycles. The molecule has 30 heavy (non-hydrogen) atoms. The molecular weight excluding hydrogens is 408 g/mol. The van der Waals surface area contributed by atoms with Crippen LogP contribution in [0.15, 0.2) is 48.5 Å². The van der Waals surface area contributed by atoms with E-state index in [2.05, 4.69) is 5.32 Å². The molecule has 162 valence electrons. The number of carbonyl (C=O) groups excluding carboxylic acids is 1. The fourth-order valence-electron chi connectivity index (χ4n) is 3.19. The van der Waals surface area contributed by atoms with Crippen molar-refractivity contribution in [1.82, 2.24) is 5.32 Å². The standard InChI is InChI=1S/C21H26N2O6S/c1-4-27-17-11-9-16(10-12-17)23(30(3,25)26)15(2)21(24)22-13-18-14-28-19-7-5-6-8-20(19)29-18/h5-12,15,18H,4,13-14H2,1-3H3,(H,22,24)/t15-,18-/m1/s1. The third-order valence-electron chi connectivity index (χ3n) is 4.56. The zero-order valence-electron chi connectivity index (χ0n) is 17.2. The molecule has 0 aromatic heterocycles. The predicted molar refractivity (Wildman–Crippen MR) is 114 cm³/mol. The fraction of sp³-hybridized carbons (Fsp3) is 0.381. The second-order valence-corrected chi connectivity index (χ2v) is 8.76. The van der Waals surface area contributed by atoms with E-state index in [9.17, 15) is 13.2 Å². The van der Waals surface area contributed by atoms with Crippen molar-refractivity contribution in [2.45, 2.75) is 26.0 Å². The number of anilines is 1. The first kappa shape index (κ1) is 21.8. The number of amides is 1. The number of benzene rings is 2. The van der Waals surface area contributed by atoms with Gasteiger partial charge < -0.3 is 19.5 Å². The molecule has 2 aromatic carbocycles. The summed E-state index contributed by atoms with van der Waals surface area (Å²) >= 11 is 0. The molecular formula is C21H26N2O6S. The molecule has 0 unspecified atom stereocenters. The summed E-state index contributed by atoms with van der Waals surface area (Å²) in [6.45, 7) is 4.40. The van der Waals surface area contributed by atoms with Gasteiger partial charge in [0, 0.05) is 0 Å². The number of nitrogens with zero attached hydrogens (tertiary/aromatic N) is 1. The van der Waals surface area contributed by atoms with Crippen LogP contribution in [0.1, 0.15) is 13.8 Å². The number of hydrogen-bond acceptors (Lipinski definition) is 6. The van der Waals surface area contributed by atoms with Crippen LogP contribution in [0.4, 0.5) is 5.69 Å². The van der Waals surface area contributed by atoms with Crippen molar-refractivity contribution in [1.29, 1.82) is 0 Å². The molecule has 2 aromatic rings. The van der Waals surface area contributed by atoms with Gasteiger partial charge in [-0.3, -0.25) is 9.10 Å². The van der Waals surface area contributed by atoms with Gasteiger partial charge in [-0.25, -0.2) is 8.42 Å². The third kappa shape index (κ3) is 5.15. The molecule has 2 atom stereocenters. The molecule has 0 fully saturated rings. The first-order chi connectivity index (χ1) is 14.3. The van der Waals surface area contributed by atoms with E-state index in [1.165, 1.54) is 0 Å². The van der Waals surface area contributed by atoms with Crippen LogP contribution in [0.25, 0.3) is 0 Å². The molecule has 1 heterocycles. The zero-order chi connectivity index (χ0) is 21.7. The van der Waals surface area contributed by atoms with Gasteiger partial charge in [-0.2, -0.15) is 0 Å². The Morgan fingerprint density at radius 3 is 2.50 bits per heavy atom. The van der Waals surface area contributed by atoms with Crippen molar-refractivity contribution in [2.24, 2.45) is 0 Å². The maximum absolute atomic E-state index is 12.7. The summed E-state index contributed by atoms with van der Waals surface area (Å²) in [5.74, 6) is 1.47. The van der Waals surface area contributed by atoms with E-state index < -0.39 is 22.0 Å². The predicted octanol–water partition coefficient (Wildman–Crippen LogP) is 2.20. The smallest absolute Gasteiger partial charge is 0.243 e. The second kappa shape index (κ2) is 9.25. The first-order valence-corrected chi connectivity index (χ1v) is 11.5. The Labute approximate surface area is 176 Å². The maximum atomic E-state index is 12.7. The van der Waals surface area contributed by atoms with E-state index >= 15 is 0 Å².